The van der Waals surface area contributed by atoms with E-state index in [0.717, 1.165) is 38.2 Å². The van der Waals surface area contributed by atoms with E-state index in [4.69, 9.17) is 0 Å². The minimum absolute atomic E-state index is 0.0101. The molecular weight excluding hydrogens is 298 g/mol. The Morgan fingerprint density at radius 1 is 1.00 bits per heavy atom. The Morgan fingerprint density at radius 2 is 1.71 bits per heavy atom. The zero-order chi connectivity index (χ0) is 16.4. The molecule has 1 unspecified atom stereocenters. The van der Waals surface area contributed by atoms with Crippen LogP contribution in [0, 0.1) is 0 Å². The topological polar surface area (TPSA) is 35.9 Å². The number of piperidine rings is 1. The largest absolute Gasteiger partial charge is 0.316 e. The first-order valence-electron chi connectivity index (χ1n) is 8.47. The Kier molecular flexibility index (Phi) is 3.90. The van der Waals surface area contributed by atoms with E-state index in [1.54, 1.807) is 6.34 Å². The Bertz CT molecular complexity index is 744. The number of amides is 1. The van der Waals surface area contributed by atoms with Crippen LogP contribution in [0.15, 0.2) is 65.7 Å². The number of hydrogen-bond donors (Lipinski definition) is 0. The minimum atomic E-state index is -0.547. The number of likely N-dealkylation sites (tertiary alicyclic amines) is 1. The predicted molar refractivity (Wildman–Crippen MR) is 96.1 cm³/mol. The number of hydrogen-bond acceptors (Lipinski definition) is 3. The lowest BCUT2D eigenvalue weighted by Gasteiger charge is -2.44. The molecule has 24 heavy (non-hydrogen) atoms. The Hall–Kier alpha value is -2.46. The van der Waals surface area contributed by atoms with Crippen LogP contribution in [0.25, 0.3) is 0 Å². The minimum Gasteiger partial charge on any atom is -0.316 e. The van der Waals surface area contributed by atoms with Gasteiger partial charge in [0.05, 0.1) is 6.34 Å². The van der Waals surface area contributed by atoms with Gasteiger partial charge in [-0.15, -0.1) is 0 Å². The van der Waals surface area contributed by atoms with Crippen molar-refractivity contribution >= 4 is 17.9 Å². The van der Waals surface area contributed by atoms with Crippen LogP contribution in [0.1, 0.15) is 18.4 Å². The standard InChI is InChI=1S/C20H21N3O/c24-19-20(23(16-21-19)18-10-5-2-6-11-18)12-7-13-22(15-20)14-17-8-3-1-4-9-17/h1-6,8-11,16H,7,12-15H2. The summed E-state index contributed by atoms with van der Waals surface area (Å²) in [4.78, 5) is 21.3. The third-order valence-corrected chi connectivity index (χ3v) is 4.98. The van der Waals surface area contributed by atoms with Crippen molar-refractivity contribution in [3.8, 4) is 0 Å². The Balaban J connectivity index is 1.59. The first kappa shape index (κ1) is 15.1. The summed E-state index contributed by atoms with van der Waals surface area (Å²) in [7, 11) is 0. The van der Waals surface area contributed by atoms with Gasteiger partial charge in [0.2, 0.25) is 0 Å². The van der Waals surface area contributed by atoms with Crippen molar-refractivity contribution < 1.29 is 4.79 Å². The van der Waals surface area contributed by atoms with Crippen LogP contribution in [0.3, 0.4) is 0 Å². The van der Waals surface area contributed by atoms with Gasteiger partial charge in [-0.2, -0.15) is 0 Å². The molecule has 0 aliphatic carbocycles. The van der Waals surface area contributed by atoms with Crippen molar-refractivity contribution in [2.24, 2.45) is 4.99 Å². The molecule has 0 saturated carbocycles. The number of benzene rings is 2. The first-order valence-corrected chi connectivity index (χ1v) is 8.47. The second-order valence-corrected chi connectivity index (χ2v) is 6.59. The van der Waals surface area contributed by atoms with E-state index in [1.807, 2.05) is 36.4 Å². The molecule has 0 bridgehead atoms. The SMILES string of the molecule is O=C1N=CN(c2ccccc2)C12CCCN(Cc1ccccc1)C2. The molecule has 2 aliphatic rings. The highest BCUT2D eigenvalue weighted by Crippen LogP contribution is 2.35. The molecular formula is C20H21N3O. The summed E-state index contributed by atoms with van der Waals surface area (Å²) in [5.74, 6) is -0.0101. The van der Waals surface area contributed by atoms with Crippen molar-refractivity contribution in [1.82, 2.24) is 4.90 Å². The fraction of sp³-hybridized carbons (Fsp3) is 0.300. The van der Waals surface area contributed by atoms with Crippen molar-refractivity contribution in [2.45, 2.75) is 24.9 Å². The maximum atomic E-state index is 12.7. The van der Waals surface area contributed by atoms with E-state index in [2.05, 4.69) is 39.1 Å². The molecule has 0 radical (unpaired) electrons. The van der Waals surface area contributed by atoms with Crippen LogP contribution in [0.2, 0.25) is 0 Å². The second-order valence-electron chi connectivity index (χ2n) is 6.59. The number of carbonyl (C=O) groups excluding carboxylic acids is 1. The summed E-state index contributed by atoms with van der Waals surface area (Å²) in [5.41, 5.74) is 1.77. The number of nitrogens with zero attached hydrogens (tertiary/aromatic N) is 3. The fourth-order valence-corrected chi connectivity index (χ4v) is 3.82. The van der Waals surface area contributed by atoms with Crippen LogP contribution in [-0.4, -0.2) is 35.8 Å². The van der Waals surface area contributed by atoms with E-state index in [1.165, 1.54) is 5.56 Å². The highest BCUT2D eigenvalue weighted by Gasteiger charge is 2.49. The smallest absolute Gasteiger partial charge is 0.274 e. The summed E-state index contributed by atoms with van der Waals surface area (Å²) < 4.78 is 0. The van der Waals surface area contributed by atoms with Gasteiger partial charge < -0.3 is 4.90 Å². The highest BCUT2D eigenvalue weighted by molar-refractivity contribution is 6.08. The van der Waals surface area contributed by atoms with Crippen molar-refractivity contribution in [3.63, 3.8) is 0 Å². The first-order chi connectivity index (χ1) is 11.8. The molecule has 1 atom stereocenters. The van der Waals surface area contributed by atoms with Crippen molar-refractivity contribution in [1.29, 1.82) is 0 Å². The Morgan fingerprint density at radius 3 is 2.46 bits per heavy atom. The van der Waals surface area contributed by atoms with Gasteiger partial charge in [-0.1, -0.05) is 48.5 Å². The zero-order valence-corrected chi connectivity index (χ0v) is 13.6. The van der Waals surface area contributed by atoms with Gasteiger partial charge in [0.25, 0.3) is 5.91 Å². The third kappa shape index (κ3) is 2.63. The lowest BCUT2D eigenvalue weighted by atomic mass is 9.86. The van der Waals surface area contributed by atoms with Crippen molar-refractivity contribution in [3.05, 3.63) is 66.2 Å². The Labute approximate surface area is 142 Å². The summed E-state index contributed by atoms with van der Waals surface area (Å²) in [6, 6.07) is 20.5. The molecule has 4 rings (SSSR count). The van der Waals surface area contributed by atoms with E-state index in [0.29, 0.717) is 0 Å². The van der Waals surface area contributed by atoms with Gasteiger partial charge >= 0.3 is 0 Å². The van der Waals surface area contributed by atoms with Crippen LogP contribution >= 0.6 is 0 Å². The number of carbonyl (C=O) groups is 1. The van der Waals surface area contributed by atoms with Gasteiger partial charge in [-0.25, -0.2) is 4.99 Å². The maximum Gasteiger partial charge on any atom is 0.274 e. The predicted octanol–water partition coefficient (Wildman–Crippen LogP) is 3.10. The van der Waals surface area contributed by atoms with E-state index >= 15 is 0 Å². The number of aliphatic imine (C=N–C) groups is 1. The van der Waals surface area contributed by atoms with E-state index in [9.17, 15) is 4.79 Å². The molecule has 1 amide bonds. The van der Waals surface area contributed by atoms with Gasteiger partial charge in [0, 0.05) is 18.8 Å². The van der Waals surface area contributed by atoms with Gasteiger partial charge in [0.15, 0.2) is 0 Å². The summed E-state index contributed by atoms with van der Waals surface area (Å²) in [6.45, 7) is 2.61. The van der Waals surface area contributed by atoms with E-state index < -0.39 is 5.54 Å². The molecule has 0 N–H and O–H groups in total. The van der Waals surface area contributed by atoms with E-state index in [-0.39, 0.29) is 5.91 Å². The quantitative estimate of drug-likeness (QED) is 0.872. The van der Waals surface area contributed by atoms with Crippen LogP contribution in [-0.2, 0) is 11.3 Å². The molecule has 2 heterocycles. The highest BCUT2D eigenvalue weighted by atomic mass is 16.2. The molecule has 1 fully saturated rings. The van der Waals surface area contributed by atoms with Crippen LogP contribution in [0.4, 0.5) is 5.69 Å². The summed E-state index contributed by atoms with van der Waals surface area (Å²) in [6.07, 6.45) is 3.57. The van der Waals surface area contributed by atoms with Crippen LogP contribution < -0.4 is 4.90 Å². The number of rotatable bonds is 3. The normalized spacial score (nSPS) is 24.0. The molecule has 0 aromatic heterocycles. The fourth-order valence-electron chi connectivity index (χ4n) is 3.82. The molecule has 1 spiro atoms. The molecule has 2 aromatic carbocycles. The number of para-hydroxylation sites is 1. The lowest BCUT2D eigenvalue weighted by molar-refractivity contribution is -0.123. The summed E-state index contributed by atoms with van der Waals surface area (Å²) in [5, 5.41) is 0. The summed E-state index contributed by atoms with van der Waals surface area (Å²) >= 11 is 0. The molecule has 2 aromatic rings. The second kappa shape index (κ2) is 6.21. The van der Waals surface area contributed by atoms with Gasteiger partial charge in [-0.05, 0) is 37.1 Å². The third-order valence-electron chi connectivity index (χ3n) is 4.98. The molecule has 2 aliphatic heterocycles. The molecule has 4 heteroatoms. The zero-order valence-electron chi connectivity index (χ0n) is 13.6. The average Bonchev–Trinajstić information content (AvgIpc) is 2.93. The molecule has 1 saturated heterocycles. The monoisotopic (exact) mass is 319 g/mol. The van der Waals surface area contributed by atoms with Crippen LogP contribution in [0.5, 0.6) is 0 Å². The maximum absolute atomic E-state index is 12.7. The lowest BCUT2D eigenvalue weighted by Crippen LogP contribution is -2.59. The van der Waals surface area contributed by atoms with Crippen molar-refractivity contribution in [2.75, 3.05) is 18.0 Å². The molecule has 122 valence electrons. The average molecular weight is 319 g/mol. The molecule has 4 nitrogen and oxygen atoms in total. The number of anilines is 1. The van der Waals surface area contributed by atoms with Gasteiger partial charge in [0.1, 0.15) is 5.54 Å². The van der Waals surface area contributed by atoms with Gasteiger partial charge in [-0.3, -0.25) is 9.69 Å².